The molecular weight excluding hydrogens is 452 g/mol. The van der Waals surface area contributed by atoms with E-state index in [0.717, 1.165) is 22.6 Å². The minimum absolute atomic E-state index is 0.0838. The average Bonchev–Trinajstić information content (AvgIpc) is 2.86. The number of hydrogen-bond acceptors (Lipinski definition) is 5. The van der Waals surface area contributed by atoms with Gasteiger partial charge in [-0.1, -0.05) is 17.7 Å². The number of nitrogens with zero attached hydrogens (tertiary/aromatic N) is 2. The summed E-state index contributed by atoms with van der Waals surface area (Å²) < 4.78 is 17.2. The minimum Gasteiger partial charge on any atom is -0.493 e. The van der Waals surface area contributed by atoms with Crippen LogP contribution >= 0.6 is 11.6 Å². The Bertz CT molecular complexity index is 1160. The van der Waals surface area contributed by atoms with Crippen LogP contribution in [-0.4, -0.2) is 52.3 Å². The topological polar surface area (TPSA) is 51.2 Å². The molecule has 0 spiro atoms. The molecule has 1 unspecified atom stereocenters. The molecule has 0 saturated heterocycles. The van der Waals surface area contributed by atoms with Crippen molar-refractivity contribution in [1.29, 1.82) is 0 Å². The zero-order valence-corrected chi connectivity index (χ0v) is 20.6. The maximum Gasteiger partial charge on any atom is 0.254 e. The van der Waals surface area contributed by atoms with Crippen LogP contribution in [0.25, 0.3) is 0 Å². The summed E-state index contributed by atoms with van der Waals surface area (Å²) in [4.78, 5) is 17.4. The first kappa shape index (κ1) is 23.8. The van der Waals surface area contributed by atoms with Crippen molar-refractivity contribution in [2.75, 3.05) is 46.4 Å². The van der Waals surface area contributed by atoms with Gasteiger partial charge in [0.2, 0.25) is 0 Å². The van der Waals surface area contributed by atoms with Crippen molar-refractivity contribution in [2.45, 2.75) is 12.5 Å². The van der Waals surface area contributed by atoms with Gasteiger partial charge < -0.3 is 24.0 Å². The average molecular weight is 481 g/mol. The van der Waals surface area contributed by atoms with Crippen LogP contribution in [0.1, 0.15) is 27.5 Å². The maximum absolute atomic E-state index is 13.5. The first-order valence-corrected chi connectivity index (χ1v) is 11.5. The second-order valence-electron chi connectivity index (χ2n) is 8.38. The third-order valence-corrected chi connectivity index (χ3v) is 6.33. The zero-order valence-electron chi connectivity index (χ0n) is 19.9. The van der Waals surface area contributed by atoms with E-state index in [9.17, 15) is 4.79 Å². The van der Waals surface area contributed by atoms with Crippen molar-refractivity contribution in [2.24, 2.45) is 0 Å². The van der Waals surface area contributed by atoms with E-state index in [1.165, 1.54) is 0 Å². The van der Waals surface area contributed by atoms with Gasteiger partial charge in [-0.25, -0.2) is 0 Å². The molecular formula is C27H29ClN2O4. The van der Waals surface area contributed by atoms with Gasteiger partial charge >= 0.3 is 0 Å². The van der Waals surface area contributed by atoms with E-state index in [2.05, 4.69) is 0 Å². The van der Waals surface area contributed by atoms with Gasteiger partial charge in [-0.3, -0.25) is 4.79 Å². The highest BCUT2D eigenvalue weighted by Gasteiger charge is 2.33. The molecule has 1 aliphatic rings. The van der Waals surface area contributed by atoms with E-state index in [0.29, 0.717) is 41.7 Å². The lowest BCUT2D eigenvalue weighted by atomic mass is 9.91. The number of carbonyl (C=O) groups excluding carboxylic acids is 1. The third-order valence-electron chi connectivity index (χ3n) is 6.10. The lowest BCUT2D eigenvalue weighted by Crippen LogP contribution is -2.42. The summed E-state index contributed by atoms with van der Waals surface area (Å²) >= 11 is 6.17. The molecule has 3 aromatic carbocycles. The van der Waals surface area contributed by atoms with E-state index < -0.39 is 0 Å². The van der Waals surface area contributed by atoms with Gasteiger partial charge in [0.1, 0.15) is 12.4 Å². The van der Waals surface area contributed by atoms with Gasteiger partial charge in [0.25, 0.3) is 5.91 Å². The molecule has 0 bridgehead atoms. The van der Waals surface area contributed by atoms with Gasteiger partial charge in [-0.2, -0.15) is 0 Å². The number of ether oxygens (including phenoxy) is 3. The molecule has 1 aliphatic heterocycles. The van der Waals surface area contributed by atoms with E-state index in [1.807, 2.05) is 60.3 Å². The Kier molecular flexibility index (Phi) is 7.17. The monoisotopic (exact) mass is 480 g/mol. The Morgan fingerprint density at radius 2 is 1.74 bits per heavy atom. The fourth-order valence-corrected chi connectivity index (χ4v) is 4.44. The molecule has 0 fully saturated rings. The molecule has 7 heteroatoms. The quantitative estimate of drug-likeness (QED) is 0.462. The van der Waals surface area contributed by atoms with Crippen LogP contribution in [0.2, 0.25) is 5.02 Å². The van der Waals surface area contributed by atoms with E-state index in [4.69, 9.17) is 25.8 Å². The molecule has 1 heterocycles. The second kappa shape index (κ2) is 10.3. The molecule has 0 N–H and O–H groups in total. The van der Waals surface area contributed by atoms with Crippen LogP contribution < -0.4 is 19.1 Å². The largest absolute Gasteiger partial charge is 0.493 e. The van der Waals surface area contributed by atoms with Crippen molar-refractivity contribution in [1.82, 2.24) is 4.90 Å². The molecule has 1 amide bonds. The van der Waals surface area contributed by atoms with Crippen molar-refractivity contribution in [3.05, 3.63) is 82.4 Å². The van der Waals surface area contributed by atoms with Crippen LogP contribution in [-0.2, 0) is 6.42 Å². The van der Waals surface area contributed by atoms with E-state index in [-0.39, 0.29) is 11.9 Å². The van der Waals surface area contributed by atoms with Crippen molar-refractivity contribution < 1.29 is 19.0 Å². The smallest absolute Gasteiger partial charge is 0.254 e. The summed E-state index contributed by atoms with van der Waals surface area (Å²) in [5, 5.41) is 0.531. The standard InChI is InChI=1S/C27H29ClN2O4/c1-29(2)21-8-10-22(11-9-21)34-17-24-23-16-26(33-4)25(32-3)15-18(23)12-13-30(24)27(31)19-6-5-7-20(28)14-19/h5-11,14-16,24H,12-13,17H2,1-4H3. The molecule has 1 atom stereocenters. The SMILES string of the molecule is COc1cc2c(cc1OC)C(COc1ccc(N(C)C)cc1)N(C(=O)c1cccc(Cl)c1)CC2. The van der Waals surface area contributed by atoms with Crippen molar-refractivity contribution >= 4 is 23.2 Å². The predicted molar refractivity (Wildman–Crippen MR) is 135 cm³/mol. The second-order valence-corrected chi connectivity index (χ2v) is 8.82. The molecule has 3 aromatic rings. The molecule has 178 valence electrons. The summed E-state index contributed by atoms with van der Waals surface area (Å²) in [6.07, 6.45) is 0.704. The fourth-order valence-electron chi connectivity index (χ4n) is 4.25. The number of carbonyl (C=O) groups is 1. The molecule has 34 heavy (non-hydrogen) atoms. The number of halogens is 1. The highest BCUT2D eigenvalue weighted by atomic mass is 35.5. The summed E-state index contributed by atoms with van der Waals surface area (Å²) in [5.74, 6) is 1.96. The summed E-state index contributed by atoms with van der Waals surface area (Å²) in [5.41, 5.74) is 3.75. The Balaban J connectivity index is 1.68. The van der Waals surface area contributed by atoms with E-state index in [1.54, 1.807) is 38.5 Å². The van der Waals surface area contributed by atoms with Gasteiger partial charge in [0.05, 0.1) is 20.3 Å². The van der Waals surface area contributed by atoms with Crippen molar-refractivity contribution in [3.63, 3.8) is 0 Å². The van der Waals surface area contributed by atoms with Crippen LogP contribution in [0.5, 0.6) is 17.2 Å². The summed E-state index contributed by atoms with van der Waals surface area (Å²) in [7, 11) is 7.23. The molecule has 4 rings (SSSR count). The number of methoxy groups -OCH3 is 2. The number of hydrogen-bond donors (Lipinski definition) is 0. The number of amides is 1. The van der Waals surface area contributed by atoms with Gasteiger partial charge in [0.15, 0.2) is 11.5 Å². The predicted octanol–water partition coefficient (Wildman–Crippen LogP) is 5.24. The van der Waals surface area contributed by atoms with Crippen LogP contribution in [0.3, 0.4) is 0 Å². The maximum atomic E-state index is 13.5. The minimum atomic E-state index is -0.302. The molecule has 0 aliphatic carbocycles. The lowest BCUT2D eigenvalue weighted by Gasteiger charge is -2.37. The molecule has 0 radical (unpaired) electrons. The Morgan fingerprint density at radius 1 is 1.03 bits per heavy atom. The Labute approximate surface area is 205 Å². The highest BCUT2D eigenvalue weighted by molar-refractivity contribution is 6.30. The van der Waals surface area contributed by atoms with Gasteiger partial charge in [-0.05, 0) is 72.1 Å². The van der Waals surface area contributed by atoms with E-state index >= 15 is 0 Å². The van der Waals surface area contributed by atoms with Crippen LogP contribution in [0, 0.1) is 0 Å². The third kappa shape index (κ3) is 4.92. The molecule has 0 saturated carbocycles. The van der Waals surface area contributed by atoms with Crippen LogP contribution in [0.4, 0.5) is 5.69 Å². The molecule has 6 nitrogen and oxygen atoms in total. The Morgan fingerprint density at radius 3 is 2.38 bits per heavy atom. The first-order chi connectivity index (χ1) is 16.4. The Hall–Kier alpha value is -3.38. The number of rotatable bonds is 7. The molecule has 0 aromatic heterocycles. The van der Waals surface area contributed by atoms with Crippen molar-refractivity contribution in [3.8, 4) is 17.2 Å². The number of fused-ring (bicyclic) bond motifs is 1. The fraction of sp³-hybridized carbons (Fsp3) is 0.296. The van der Waals surface area contributed by atoms with Crippen LogP contribution in [0.15, 0.2) is 60.7 Å². The first-order valence-electron chi connectivity index (χ1n) is 11.1. The lowest BCUT2D eigenvalue weighted by molar-refractivity contribution is 0.0589. The van der Waals surface area contributed by atoms with Gasteiger partial charge in [-0.15, -0.1) is 0 Å². The van der Waals surface area contributed by atoms with Gasteiger partial charge in [0, 0.05) is 36.9 Å². The number of anilines is 1. The zero-order chi connectivity index (χ0) is 24.2. The highest BCUT2D eigenvalue weighted by Crippen LogP contribution is 2.39. The normalized spacial score (nSPS) is 14.9. The number of benzene rings is 3. The summed E-state index contributed by atoms with van der Waals surface area (Å²) in [6, 6.07) is 18.6. The summed E-state index contributed by atoms with van der Waals surface area (Å²) in [6.45, 7) is 0.859.